The molecule has 31 heavy (non-hydrogen) atoms. The van der Waals surface area contributed by atoms with Crippen molar-refractivity contribution in [2.24, 2.45) is 0 Å². The van der Waals surface area contributed by atoms with E-state index in [4.69, 9.17) is 18.3 Å². The highest BCUT2D eigenvalue weighted by Crippen LogP contribution is 2.33. The summed E-state index contributed by atoms with van der Waals surface area (Å²) in [5.74, 6) is 1.84. The Morgan fingerprint density at radius 2 is 1.74 bits per heavy atom. The summed E-state index contributed by atoms with van der Waals surface area (Å²) >= 11 is 0. The summed E-state index contributed by atoms with van der Waals surface area (Å²) in [6.45, 7) is 0.825. The van der Waals surface area contributed by atoms with Gasteiger partial charge in [0.05, 0.1) is 19.1 Å². The van der Waals surface area contributed by atoms with Gasteiger partial charge in [-0.3, -0.25) is 9.59 Å². The Morgan fingerprint density at radius 1 is 0.935 bits per heavy atom. The second-order valence-corrected chi connectivity index (χ2v) is 7.66. The second-order valence-electron chi connectivity index (χ2n) is 7.66. The smallest absolute Gasteiger partial charge is 0.290 e. The van der Waals surface area contributed by atoms with Crippen LogP contribution < -0.4 is 9.47 Å². The summed E-state index contributed by atoms with van der Waals surface area (Å²) in [6.07, 6.45) is 4.82. The Morgan fingerprint density at radius 3 is 2.48 bits per heavy atom. The molecule has 8 heteroatoms. The predicted octanol–water partition coefficient (Wildman–Crippen LogP) is 3.43. The van der Waals surface area contributed by atoms with E-state index in [2.05, 4.69) is 0 Å². The number of carbonyl (C=O) groups excluding carboxylic acids is 2. The fourth-order valence-electron chi connectivity index (χ4n) is 3.62. The van der Waals surface area contributed by atoms with E-state index >= 15 is 0 Å². The van der Waals surface area contributed by atoms with Crippen LogP contribution in [0.5, 0.6) is 11.5 Å². The molecule has 5 rings (SSSR count). The Kier molecular flexibility index (Phi) is 5.11. The first kappa shape index (κ1) is 19.3. The molecule has 1 aliphatic carbocycles. The first-order valence-corrected chi connectivity index (χ1v) is 10.2. The van der Waals surface area contributed by atoms with Crippen LogP contribution in [0.3, 0.4) is 0 Å². The molecule has 0 N–H and O–H groups in total. The molecule has 1 fully saturated rings. The minimum Gasteiger partial charge on any atom is -0.467 e. The molecule has 3 heterocycles. The van der Waals surface area contributed by atoms with Crippen molar-refractivity contribution >= 4 is 11.8 Å². The largest absolute Gasteiger partial charge is 0.467 e. The van der Waals surface area contributed by atoms with Crippen LogP contribution in [0.25, 0.3) is 0 Å². The normalized spacial score (nSPS) is 14.5. The number of furan rings is 2. The number of fused-ring (bicyclic) bond motifs is 1. The van der Waals surface area contributed by atoms with Crippen molar-refractivity contribution in [3.8, 4) is 11.5 Å². The third-order valence-electron chi connectivity index (χ3n) is 5.38. The molecule has 2 aromatic heterocycles. The lowest BCUT2D eigenvalue weighted by Gasteiger charge is -2.27. The standard InChI is InChI=1S/C23H22N2O6/c26-22(14-25(17-6-7-17)23(27)20-4-2-10-29-20)24(13-18-3-1-9-28-18)12-16-5-8-19-21(11-16)31-15-30-19/h1-5,8-11,17H,6-7,12-15H2. The number of ether oxygens (including phenoxy) is 2. The first-order valence-electron chi connectivity index (χ1n) is 10.2. The molecule has 0 saturated heterocycles. The van der Waals surface area contributed by atoms with E-state index in [0.717, 1.165) is 18.4 Å². The average Bonchev–Trinajstić information content (AvgIpc) is 3.21. The molecule has 2 amide bonds. The SMILES string of the molecule is O=C(CN(C(=O)c1ccco1)C1CC1)N(Cc1ccc2c(c1)OCO2)Cc1ccco1. The zero-order chi connectivity index (χ0) is 21.2. The van der Waals surface area contributed by atoms with Crippen LogP contribution in [-0.4, -0.2) is 41.0 Å². The van der Waals surface area contributed by atoms with Gasteiger partial charge >= 0.3 is 0 Å². The van der Waals surface area contributed by atoms with Crippen molar-refractivity contribution in [3.05, 3.63) is 72.1 Å². The molecule has 0 unspecified atom stereocenters. The molecule has 1 aliphatic heterocycles. The third-order valence-corrected chi connectivity index (χ3v) is 5.38. The highest BCUT2D eigenvalue weighted by molar-refractivity contribution is 5.94. The van der Waals surface area contributed by atoms with Crippen molar-refractivity contribution < 1.29 is 27.9 Å². The van der Waals surface area contributed by atoms with E-state index in [0.29, 0.717) is 30.3 Å². The zero-order valence-corrected chi connectivity index (χ0v) is 16.9. The van der Waals surface area contributed by atoms with Gasteiger partial charge in [-0.1, -0.05) is 6.07 Å². The summed E-state index contributed by atoms with van der Waals surface area (Å²) in [5.41, 5.74) is 0.902. The summed E-state index contributed by atoms with van der Waals surface area (Å²) in [7, 11) is 0. The minimum absolute atomic E-state index is 0.0184. The number of nitrogens with zero attached hydrogens (tertiary/aromatic N) is 2. The molecule has 0 radical (unpaired) electrons. The van der Waals surface area contributed by atoms with Crippen LogP contribution in [-0.2, 0) is 17.9 Å². The van der Waals surface area contributed by atoms with Crippen LogP contribution in [0.1, 0.15) is 34.7 Å². The highest BCUT2D eigenvalue weighted by Gasteiger charge is 2.36. The molecule has 0 atom stereocenters. The Hall–Kier alpha value is -3.68. The van der Waals surface area contributed by atoms with Gasteiger partial charge in [-0.15, -0.1) is 0 Å². The van der Waals surface area contributed by atoms with Crippen molar-refractivity contribution in [2.45, 2.75) is 32.0 Å². The van der Waals surface area contributed by atoms with Crippen molar-refractivity contribution in [1.82, 2.24) is 9.80 Å². The van der Waals surface area contributed by atoms with Gasteiger partial charge in [0.15, 0.2) is 17.3 Å². The zero-order valence-electron chi connectivity index (χ0n) is 16.9. The fourth-order valence-corrected chi connectivity index (χ4v) is 3.62. The Labute approximate surface area is 178 Å². The Balaban J connectivity index is 1.35. The third kappa shape index (κ3) is 4.28. The van der Waals surface area contributed by atoms with Crippen molar-refractivity contribution in [3.63, 3.8) is 0 Å². The maximum atomic E-state index is 13.3. The van der Waals surface area contributed by atoms with Gasteiger partial charge in [0.2, 0.25) is 12.7 Å². The number of amides is 2. The van der Waals surface area contributed by atoms with Gasteiger partial charge in [-0.2, -0.15) is 0 Å². The van der Waals surface area contributed by atoms with Crippen LogP contribution in [0.2, 0.25) is 0 Å². The summed E-state index contributed by atoms with van der Waals surface area (Å²) in [6, 6.07) is 12.6. The first-order chi connectivity index (χ1) is 15.2. The topological polar surface area (TPSA) is 85.4 Å². The van der Waals surface area contributed by atoms with Gasteiger partial charge in [0, 0.05) is 12.6 Å². The maximum Gasteiger partial charge on any atom is 0.290 e. The van der Waals surface area contributed by atoms with E-state index in [1.165, 1.54) is 6.26 Å². The van der Waals surface area contributed by atoms with Crippen LogP contribution in [0.15, 0.2) is 63.8 Å². The lowest BCUT2D eigenvalue weighted by atomic mass is 10.2. The fraction of sp³-hybridized carbons (Fsp3) is 0.304. The average molecular weight is 422 g/mol. The molecule has 0 bridgehead atoms. The van der Waals surface area contributed by atoms with Gasteiger partial charge in [-0.25, -0.2) is 0 Å². The van der Waals surface area contributed by atoms with Gasteiger partial charge in [-0.05, 0) is 54.8 Å². The second kappa shape index (κ2) is 8.22. The molecular weight excluding hydrogens is 400 g/mol. The van der Waals surface area contributed by atoms with E-state index in [1.54, 1.807) is 34.3 Å². The van der Waals surface area contributed by atoms with Gasteiger partial charge in [0.25, 0.3) is 5.91 Å². The van der Waals surface area contributed by atoms with E-state index in [-0.39, 0.29) is 37.0 Å². The molecule has 160 valence electrons. The van der Waals surface area contributed by atoms with E-state index in [1.807, 2.05) is 24.3 Å². The molecule has 1 aromatic carbocycles. The summed E-state index contributed by atoms with van der Waals surface area (Å²) in [4.78, 5) is 29.5. The van der Waals surface area contributed by atoms with Crippen LogP contribution in [0.4, 0.5) is 0 Å². The van der Waals surface area contributed by atoms with Crippen LogP contribution in [0, 0.1) is 0 Å². The van der Waals surface area contributed by atoms with Crippen LogP contribution >= 0.6 is 0 Å². The lowest BCUT2D eigenvalue weighted by Crippen LogP contribution is -2.43. The minimum atomic E-state index is -0.262. The predicted molar refractivity (Wildman–Crippen MR) is 108 cm³/mol. The number of benzene rings is 1. The Bertz CT molecular complexity index is 1060. The summed E-state index contributed by atoms with van der Waals surface area (Å²) < 4.78 is 21.6. The number of carbonyl (C=O) groups is 2. The lowest BCUT2D eigenvalue weighted by molar-refractivity contribution is -0.133. The van der Waals surface area contributed by atoms with Crippen molar-refractivity contribution in [1.29, 1.82) is 0 Å². The summed E-state index contributed by atoms with van der Waals surface area (Å²) in [5, 5.41) is 0. The van der Waals surface area contributed by atoms with Gasteiger partial charge in [0.1, 0.15) is 12.3 Å². The van der Waals surface area contributed by atoms with E-state index in [9.17, 15) is 9.59 Å². The molecule has 8 nitrogen and oxygen atoms in total. The van der Waals surface area contributed by atoms with Crippen molar-refractivity contribution in [2.75, 3.05) is 13.3 Å². The van der Waals surface area contributed by atoms with E-state index < -0.39 is 0 Å². The molecule has 0 spiro atoms. The molecule has 1 saturated carbocycles. The highest BCUT2D eigenvalue weighted by atomic mass is 16.7. The monoisotopic (exact) mass is 422 g/mol. The van der Waals surface area contributed by atoms with Gasteiger partial charge < -0.3 is 28.1 Å². The molecule has 2 aliphatic rings. The maximum absolute atomic E-state index is 13.3. The quantitative estimate of drug-likeness (QED) is 0.553. The molecular formula is C23H22N2O6. The number of rotatable bonds is 8. The number of hydrogen-bond donors (Lipinski definition) is 0. The molecule has 3 aromatic rings. The number of hydrogen-bond acceptors (Lipinski definition) is 6.